The number of hydrogen-bond acceptors (Lipinski definition) is 3. The molecular formula is C54H44N4. The van der Waals surface area contributed by atoms with Gasteiger partial charge in [0.25, 0.3) is 0 Å². The molecule has 0 amide bonds. The number of nitrogens with zero attached hydrogens (tertiary/aromatic N) is 4. The Hall–Kier alpha value is -7.04. The lowest BCUT2D eigenvalue weighted by atomic mass is 9.82. The Morgan fingerprint density at radius 3 is 1.76 bits per heavy atom. The topological polar surface area (TPSA) is 50.5 Å². The van der Waals surface area contributed by atoms with Crippen molar-refractivity contribution in [3.8, 4) is 33.5 Å². The molecule has 0 saturated carbocycles. The van der Waals surface area contributed by atoms with Crippen molar-refractivity contribution in [2.24, 2.45) is 21.8 Å². The van der Waals surface area contributed by atoms with Crippen LogP contribution in [0.5, 0.6) is 0 Å². The molecule has 0 spiro atoms. The molecular weight excluding hydrogens is 705 g/mol. The lowest BCUT2D eigenvalue weighted by Gasteiger charge is -2.24. The van der Waals surface area contributed by atoms with Crippen molar-refractivity contribution in [2.75, 3.05) is 0 Å². The van der Waals surface area contributed by atoms with Crippen molar-refractivity contribution in [1.82, 2.24) is 9.97 Å². The molecule has 4 nitrogen and oxygen atoms in total. The summed E-state index contributed by atoms with van der Waals surface area (Å²) in [5, 5.41) is 4.85. The van der Waals surface area contributed by atoms with Gasteiger partial charge in [0.2, 0.25) is 0 Å². The molecule has 280 valence electrons. The molecule has 1 aliphatic rings. The van der Waals surface area contributed by atoms with Crippen LogP contribution in [0.1, 0.15) is 37.1 Å². The number of aliphatic imine (C=N–C) groups is 2. The Bertz CT molecular complexity index is 2740. The summed E-state index contributed by atoms with van der Waals surface area (Å²) in [6, 6.07) is 58.0. The molecule has 0 aliphatic heterocycles. The quantitative estimate of drug-likeness (QED) is 0.109. The number of amidine groups is 1. The molecule has 2 atom stereocenters. The zero-order valence-corrected chi connectivity index (χ0v) is 32.8. The summed E-state index contributed by atoms with van der Waals surface area (Å²) in [7, 11) is 0. The summed E-state index contributed by atoms with van der Waals surface area (Å²) in [6.45, 7) is 4.97. The van der Waals surface area contributed by atoms with E-state index in [9.17, 15) is 0 Å². The lowest BCUT2D eigenvalue weighted by molar-refractivity contribution is 0.630. The van der Waals surface area contributed by atoms with Crippen LogP contribution < -0.4 is 0 Å². The average molecular weight is 749 g/mol. The van der Waals surface area contributed by atoms with Gasteiger partial charge in [-0.05, 0) is 110 Å². The fraction of sp³-hybridized carbons (Fsp3) is 0.111. The van der Waals surface area contributed by atoms with E-state index in [0.717, 1.165) is 62.7 Å². The van der Waals surface area contributed by atoms with Gasteiger partial charge in [-0.15, -0.1) is 0 Å². The van der Waals surface area contributed by atoms with Crippen molar-refractivity contribution < 1.29 is 0 Å². The number of rotatable bonds is 9. The van der Waals surface area contributed by atoms with E-state index in [-0.39, 0.29) is 11.8 Å². The molecule has 58 heavy (non-hydrogen) atoms. The Labute approximate surface area is 340 Å². The van der Waals surface area contributed by atoms with Gasteiger partial charge in [-0.2, -0.15) is 0 Å². The second-order valence-corrected chi connectivity index (χ2v) is 14.9. The van der Waals surface area contributed by atoms with Gasteiger partial charge in [-0.3, -0.25) is 15.0 Å². The van der Waals surface area contributed by atoms with E-state index >= 15 is 0 Å². The van der Waals surface area contributed by atoms with Crippen LogP contribution in [0.15, 0.2) is 204 Å². The fourth-order valence-electron chi connectivity index (χ4n) is 8.16. The van der Waals surface area contributed by atoms with E-state index < -0.39 is 0 Å². The van der Waals surface area contributed by atoms with Gasteiger partial charge >= 0.3 is 0 Å². The molecule has 1 aliphatic carbocycles. The van der Waals surface area contributed by atoms with Crippen LogP contribution in [0.2, 0.25) is 0 Å². The molecule has 0 N–H and O–H groups in total. The SMILES string of the molecule is CCC(=NC(=NCc1ccc(-c2ccccn2)cc1)c1cc(-c2cccc3ccccc23)cc(-c2cccc3ccccc23)c1)C1C=CC(c2ccccn2)=CC1C. The maximum absolute atomic E-state index is 5.57. The maximum atomic E-state index is 5.57. The zero-order chi connectivity index (χ0) is 39.3. The minimum Gasteiger partial charge on any atom is -0.261 e. The van der Waals surface area contributed by atoms with Crippen LogP contribution in [0, 0.1) is 11.8 Å². The highest BCUT2D eigenvalue weighted by atomic mass is 14.9. The third-order valence-electron chi connectivity index (χ3n) is 11.2. The van der Waals surface area contributed by atoms with Gasteiger partial charge in [0, 0.05) is 35.2 Å². The minimum absolute atomic E-state index is 0.124. The standard InChI is InChI=1S/C54H44N4/c1-3-51(46-29-28-42(32-37(46)2)53-23-9-11-31-56-53)58-54(57-36-38-24-26-41(27-25-38)52-22-8-10-30-55-52)45-34-43(49-20-12-16-39-14-4-6-18-47(39)49)33-44(35-45)50-21-13-17-40-15-5-7-19-48(40)50/h4-35,37,46H,3,36H2,1-2H3. The summed E-state index contributed by atoms with van der Waals surface area (Å²) in [5.41, 5.74) is 12.0. The van der Waals surface area contributed by atoms with Gasteiger partial charge in [0.15, 0.2) is 5.84 Å². The highest BCUT2D eigenvalue weighted by Gasteiger charge is 2.23. The van der Waals surface area contributed by atoms with Crippen molar-refractivity contribution in [1.29, 1.82) is 0 Å². The largest absolute Gasteiger partial charge is 0.261 e. The van der Waals surface area contributed by atoms with Gasteiger partial charge in [0.1, 0.15) is 0 Å². The fourth-order valence-corrected chi connectivity index (χ4v) is 8.16. The van der Waals surface area contributed by atoms with Crippen LogP contribution >= 0.6 is 0 Å². The van der Waals surface area contributed by atoms with Crippen LogP contribution in [-0.2, 0) is 6.54 Å². The van der Waals surface area contributed by atoms with Crippen LogP contribution in [0.25, 0.3) is 60.6 Å². The number of pyridine rings is 2. The van der Waals surface area contributed by atoms with Gasteiger partial charge in [0.05, 0.1) is 17.9 Å². The molecule has 0 radical (unpaired) electrons. The van der Waals surface area contributed by atoms with Gasteiger partial charge in [-0.1, -0.05) is 153 Å². The summed E-state index contributed by atoms with van der Waals surface area (Å²) >= 11 is 0. The molecule has 2 unspecified atom stereocenters. The molecule has 6 aromatic carbocycles. The molecule has 0 saturated heterocycles. The number of aromatic nitrogens is 2. The Balaban J connectivity index is 1.20. The monoisotopic (exact) mass is 748 g/mol. The van der Waals surface area contributed by atoms with E-state index in [1.807, 2.05) is 42.7 Å². The van der Waals surface area contributed by atoms with Crippen LogP contribution in [-0.4, -0.2) is 21.5 Å². The van der Waals surface area contributed by atoms with Crippen molar-refractivity contribution >= 4 is 38.7 Å². The maximum Gasteiger partial charge on any atom is 0.154 e. The lowest BCUT2D eigenvalue weighted by Crippen LogP contribution is -2.22. The third-order valence-corrected chi connectivity index (χ3v) is 11.2. The second kappa shape index (κ2) is 16.6. The van der Waals surface area contributed by atoms with Gasteiger partial charge in [-0.25, -0.2) is 4.99 Å². The first-order chi connectivity index (χ1) is 28.6. The summed E-state index contributed by atoms with van der Waals surface area (Å²) in [6.07, 6.45) is 11.3. The predicted octanol–water partition coefficient (Wildman–Crippen LogP) is 13.5. The van der Waals surface area contributed by atoms with Crippen molar-refractivity contribution in [3.05, 3.63) is 211 Å². The number of fused-ring (bicyclic) bond motifs is 2. The molecule has 9 rings (SSSR count). The summed E-state index contributed by atoms with van der Waals surface area (Å²) in [5.74, 6) is 1.09. The number of benzene rings is 6. The van der Waals surface area contributed by atoms with Crippen LogP contribution in [0.4, 0.5) is 0 Å². The predicted molar refractivity (Wildman–Crippen MR) is 244 cm³/mol. The first-order valence-corrected chi connectivity index (χ1v) is 20.2. The zero-order valence-electron chi connectivity index (χ0n) is 32.8. The first-order valence-electron chi connectivity index (χ1n) is 20.2. The Kier molecular flexibility index (Phi) is 10.5. The number of allylic oxidation sites excluding steroid dienone is 4. The van der Waals surface area contributed by atoms with Crippen molar-refractivity contribution in [3.63, 3.8) is 0 Å². The van der Waals surface area contributed by atoms with E-state index in [1.165, 1.54) is 32.7 Å². The average Bonchev–Trinajstić information content (AvgIpc) is 3.29. The Morgan fingerprint density at radius 2 is 1.17 bits per heavy atom. The number of hydrogen-bond donors (Lipinski definition) is 0. The van der Waals surface area contributed by atoms with E-state index in [0.29, 0.717) is 6.54 Å². The second-order valence-electron chi connectivity index (χ2n) is 14.9. The highest BCUT2D eigenvalue weighted by Crippen LogP contribution is 2.37. The van der Waals surface area contributed by atoms with E-state index in [2.05, 4.69) is 176 Å². The molecule has 2 heterocycles. The summed E-state index contributed by atoms with van der Waals surface area (Å²) in [4.78, 5) is 20.1. The van der Waals surface area contributed by atoms with Gasteiger partial charge < -0.3 is 0 Å². The van der Waals surface area contributed by atoms with Crippen molar-refractivity contribution in [2.45, 2.75) is 26.8 Å². The third kappa shape index (κ3) is 7.70. The minimum atomic E-state index is 0.124. The van der Waals surface area contributed by atoms with E-state index in [1.54, 1.807) is 0 Å². The Morgan fingerprint density at radius 1 is 0.586 bits per heavy atom. The smallest absolute Gasteiger partial charge is 0.154 e. The van der Waals surface area contributed by atoms with E-state index in [4.69, 9.17) is 9.98 Å². The normalized spacial score (nSPS) is 15.8. The highest BCUT2D eigenvalue weighted by molar-refractivity contribution is 6.10. The molecule has 0 fully saturated rings. The molecule has 0 bridgehead atoms. The molecule has 2 aromatic heterocycles. The molecule has 4 heteroatoms. The van der Waals surface area contributed by atoms with Crippen LogP contribution in [0.3, 0.4) is 0 Å². The first kappa shape index (κ1) is 36.6. The molecule has 8 aromatic rings. The summed E-state index contributed by atoms with van der Waals surface area (Å²) < 4.78 is 0.